The lowest BCUT2D eigenvalue weighted by Crippen LogP contribution is -2.34. The normalized spacial score (nSPS) is 20.8. The van der Waals surface area contributed by atoms with Crippen molar-refractivity contribution in [3.05, 3.63) is 34.4 Å². The molecule has 1 saturated heterocycles. The second-order valence-electron chi connectivity index (χ2n) is 7.36. The largest absolute Gasteiger partial charge is 0.463 e. The van der Waals surface area contributed by atoms with Crippen LogP contribution in [-0.2, 0) is 22.4 Å². The maximum Gasteiger partial charge on any atom is 0.260 e. The van der Waals surface area contributed by atoms with E-state index in [4.69, 9.17) is 22.2 Å². The van der Waals surface area contributed by atoms with Crippen LogP contribution in [0.4, 0.5) is 5.69 Å². The van der Waals surface area contributed by atoms with Gasteiger partial charge in [0.25, 0.3) is 5.17 Å². The Hall–Kier alpha value is -2.39. The maximum absolute atomic E-state index is 12.5. The van der Waals surface area contributed by atoms with Crippen molar-refractivity contribution in [1.29, 1.82) is 5.26 Å². The van der Waals surface area contributed by atoms with Gasteiger partial charge in [0.05, 0.1) is 19.0 Å². The molecule has 0 amide bonds. The first kappa shape index (κ1) is 18.0. The van der Waals surface area contributed by atoms with E-state index >= 15 is 0 Å². The molecule has 0 spiro atoms. The molecule has 0 radical (unpaired) electrons. The average Bonchev–Trinajstić information content (AvgIpc) is 2.80. The molecule has 3 heterocycles. The molecule has 1 aromatic rings. The van der Waals surface area contributed by atoms with Gasteiger partial charge in [-0.15, -0.1) is 0 Å². The Kier molecular flexibility index (Phi) is 5.13. The number of Topliss-reactive ketones (excluding diaryl/α,β-unsaturated/α-hetero) is 1. The number of rotatable bonds is 3. The molecule has 4 rings (SSSR count). The van der Waals surface area contributed by atoms with Gasteiger partial charge >= 0.3 is 0 Å². The zero-order valence-electron chi connectivity index (χ0n) is 15.4. The molecule has 0 atom stereocenters. The van der Waals surface area contributed by atoms with E-state index in [-0.39, 0.29) is 12.4 Å². The Balaban J connectivity index is 1.66. The second-order valence-corrected chi connectivity index (χ2v) is 7.71. The van der Waals surface area contributed by atoms with Gasteiger partial charge in [-0.1, -0.05) is 0 Å². The van der Waals surface area contributed by atoms with Crippen LogP contribution in [0.2, 0.25) is 0 Å². The molecule has 1 aromatic carbocycles. The summed E-state index contributed by atoms with van der Waals surface area (Å²) in [6.07, 6.45) is 6.93. The predicted octanol–water partition coefficient (Wildman–Crippen LogP) is 2.87. The number of carbonyl (C=O) groups excluding carboxylic acids is 1. The molecule has 0 aliphatic carbocycles. The van der Waals surface area contributed by atoms with Gasteiger partial charge in [0.2, 0.25) is 0 Å². The molecule has 5 nitrogen and oxygen atoms in total. The summed E-state index contributed by atoms with van der Waals surface area (Å²) < 4.78 is 5.40. The lowest BCUT2D eigenvalue weighted by molar-refractivity contribution is -0.117. The fourth-order valence-electron chi connectivity index (χ4n) is 4.27. The second kappa shape index (κ2) is 7.69. The highest BCUT2D eigenvalue weighted by Gasteiger charge is 2.26. The van der Waals surface area contributed by atoms with Crippen LogP contribution in [0.5, 0.6) is 0 Å². The molecule has 3 aliphatic rings. The van der Waals surface area contributed by atoms with Crippen LogP contribution >= 0.6 is 12.2 Å². The van der Waals surface area contributed by atoms with Gasteiger partial charge in [-0.05, 0) is 72.8 Å². The summed E-state index contributed by atoms with van der Waals surface area (Å²) in [5.41, 5.74) is 6.02. The lowest BCUT2D eigenvalue weighted by Gasteiger charge is -2.37. The average molecular weight is 382 g/mol. The summed E-state index contributed by atoms with van der Waals surface area (Å²) >= 11 is 5.25. The zero-order valence-corrected chi connectivity index (χ0v) is 16.2. The molecule has 6 heteroatoms. The van der Waals surface area contributed by atoms with E-state index in [1.807, 2.05) is 6.08 Å². The first-order valence-electron chi connectivity index (χ1n) is 9.59. The van der Waals surface area contributed by atoms with Gasteiger partial charge in [0, 0.05) is 30.9 Å². The van der Waals surface area contributed by atoms with Crippen molar-refractivity contribution in [2.75, 3.05) is 37.7 Å². The maximum atomic E-state index is 12.5. The molecule has 1 fully saturated rings. The number of ether oxygens (including phenoxy) is 1. The van der Waals surface area contributed by atoms with E-state index < -0.39 is 0 Å². The number of hydrogen-bond donors (Lipinski definition) is 0. The number of anilines is 1. The number of benzene rings is 1. The van der Waals surface area contributed by atoms with Crippen LogP contribution in [0.1, 0.15) is 36.0 Å². The van der Waals surface area contributed by atoms with Gasteiger partial charge in [-0.3, -0.25) is 4.79 Å². The first-order chi connectivity index (χ1) is 13.2. The highest BCUT2D eigenvalue weighted by molar-refractivity contribution is 7.80. The smallest absolute Gasteiger partial charge is 0.260 e. The molecule has 0 saturated carbocycles. The number of carbonyl (C=O) groups is 1. The fraction of sp³-hybridized carbons (Fsp3) is 0.476. The predicted molar refractivity (Wildman–Crippen MR) is 109 cm³/mol. The lowest BCUT2D eigenvalue weighted by atomic mass is 9.89. The third kappa shape index (κ3) is 3.70. The SMILES string of the molecule is N#CCCN1C/C(=C\c2cc3c4c(c2)CCCN4CCC3)C(=O)COC1=S. The summed E-state index contributed by atoms with van der Waals surface area (Å²) in [7, 11) is 0. The third-order valence-electron chi connectivity index (χ3n) is 5.49. The van der Waals surface area contributed by atoms with Crippen molar-refractivity contribution in [2.45, 2.75) is 32.1 Å². The number of nitrogens with zero attached hydrogens (tertiary/aromatic N) is 3. The molecule has 0 aromatic heterocycles. The van der Waals surface area contributed by atoms with Crippen molar-refractivity contribution < 1.29 is 9.53 Å². The minimum atomic E-state index is -0.0372. The summed E-state index contributed by atoms with van der Waals surface area (Å²) in [6.45, 7) is 3.16. The van der Waals surface area contributed by atoms with Crippen LogP contribution in [0, 0.1) is 11.3 Å². The first-order valence-corrected chi connectivity index (χ1v) is 9.99. The van der Waals surface area contributed by atoms with Crippen molar-refractivity contribution in [2.24, 2.45) is 0 Å². The van der Waals surface area contributed by atoms with Crippen molar-refractivity contribution in [1.82, 2.24) is 4.90 Å². The topological polar surface area (TPSA) is 56.6 Å². The van der Waals surface area contributed by atoms with Crippen LogP contribution in [0.25, 0.3) is 6.08 Å². The van der Waals surface area contributed by atoms with Crippen molar-refractivity contribution in [3.63, 3.8) is 0 Å². The van der Waals surface area contributed by atoms with Crippen LogP contribution in [-0.4, -0.2) is 48.6 Å². The summed E-state index contributed by atoms with van der Waals surface area (Å²) in [4.78, 5) is 16.9. The minimum absolute atomic E-state index is 0.0285. The number of hydrogen-bond acceptors (Lipinski definition) is 5. The molecule has 27 heavy (non-hydrogen) atoms. The van der Waals surface area contributed by atoms with Crippen molar-refractivity contribution >= 4 is 34.9 Å². The fourth-order valence-corrected chi connectivity index (χ4v) is 4.48. The Labute approximate surface area is 165 Å². The van der Waals surface area contributed by atoms with Gasteiger partial charge in [-0.25, -0.2) is 0 Å². The van der Waals surface area contributed by atoms with Gasteiger partial charge < -0.3 is 14.5 Å². The molecule has 0 N–H and O–H groups in total. The summed E-state index contributed by atoms with van der Waals surface area (Å²) in [5.74, 6) is -0.0372. The highest BCUT2D eigenvalue weighted by atomic mass is 32.1. The molecular formula is C21H23N3O2S. The van der Waals surface area contributed by atoms with E-state index in [1.165, 1.54) is 29.7 Å². The number of nitriles is 1. The number of thiocarbonyl (C=S) groups is 1. The van der Waals surface area contributed by atoms with Crippen LogP contribution in [0.15, 0.2) is 17.7 Å². The molecular weight excluding hydrogens is 358 g/mol. The minimum Gasteiger partial charge on any atom is -0.463 e. The van der Waals surface area contributed by atoms with E-state index in [1.54, 1.807) is 4.90 Å². The zero-order chi connectivity index (χ0) is 18.8. The Morgan fingerprint density at radius 3 is 2.59 bits per heavy atom. The van der Waals surface area contributed by atoms with E-state index in [0.717, 1.165) is 31.5 Å². The Morgan fingerprint density at radius 1 is 1.22 bits per heavy atom. The van der Waals surface area contributed by atoms with Crippen molar-refractivity contribution in [3.8, 4) is 6.07 Å². The monoisotopic (exact) mass is 381 g/mol. The Morgan fingerprint density at radius 2 is 1.93 bits per heavy atom. The molecule has 0 bridgehead atoms. The van der Waals surface area contributed by atoms with Crippen LogP contribution < -0.4 is 4.90 Å². The standard InChI is InChI=1S/C21H23N3O2S/c22-6-3-9-24-13-18(19(25)14-26-21(24)27)12-15-10-16-4-1-7-23-8-2-5-17(11-15)20(16)23/h10-12H,1-5,7-9,13-14H2/b18-12+. The van der Waals surface area contributed by atoms with E-state index in [0.29, 0.717) is 30.3 Å². The van der Waals surface area contributed by atoms with E-state index in [9.17, 15) is 4.79 Å². The molecule has 0 unspecified atom stereocenters. The molecule has 140 valence electrons. The quantitative estimate of drug-likeness (QED) is 0.593. The van der Waals surface area contributed by atoms with Gasteiger partial charge in [-0.2, -0.15) is 5.26 Å². The summed E-state index contributed by atoms with van der Waals surface area (Å²) in [6, 6.07) is 6.60. The van der Waals surface area contributed by atoms with Gasteiger partial charge in [0.15, 0.2) is 12.4 Å². The van der Waals surface area contributed by atoms with Crippen LogP contribution in [0.3, 0.4) is 0 Å². The molecule has 3 aliphatic heterocycles. The van der Waals surface area contributed by atoms with Gasteiger partial charge in [0.1, 0.15) is 0 Å². The number of aryl methyl sites for hydroxylation is 2. The third-order valence-corrected chi connectivity index (χ3v) is 5.87. The number of ketones is 1. The summed E-state index contributed by atoms with van der Waals surface area (Å²) in [5, 5.41) is 9.16. The highest BCUT2D eigenvalue weighted by Crippen LogP contribution is 2.36. The Bertz CT molecular complexity index is 824. The van der Waals surface area contributed by atoms with E-state index in [2.05, 4.69) is 23.1 Å².